The van der Waals surface area contributed by atoms with Crippen LogP contribution >= 0.6 is 0 Å². The van der Waals surface area contributed by atoms with Gasteiger partial charge < -0.3 is 15.4 Å². The van der Waals surface area contributed by atoms with Gasteiger partial charge >= 0.3 is 0 Å². The van der Waals surface area contributed by atoms with Gasteiger partial charge in [0.05, 0.1) is 12.7 Å². The first-order valence-corrected chi connectivity index (χ1v) is 4.67. The maximum absolute atomic E-state index is 5.58. The fraction of sp³-hybridized carbons (Fsp3) is 1.00. The van der Waals surface area contributed by atoms with E-state index < -0.39 is 0 Å². The summed E-state index contributed by atoms with van der Waals surface area (Å²) in [7, 11) is 4.08. The molecule has 1 atom stereocenters. The molecule has 0 saturated heterocycles. The summed E-state index contributed by atoms with van der Waals surface area (Å²) < 4.78 is 5.58. The van der Waals surface area contributed by atoms with Crippen LogP contribution < -0.4 is 5.73 Å². The minimum Gasteiger partial charge on any atom is -0.376 e. The maximum Gasteiger partial charge on any atom is 0.0697 e. The Morgan fingerprint density at radius 1 is 1.42 bits per heavy atom. The van der Waals surface area contributed by atoms with Crippen LogP contribution in [0.3, 0.4) is 0 Å². The van der Waals surface area contributed by atoms with Gasteiger partial charge in [-0.05, 0) is 20.5 Å². The summed E-state index contributed by atoms with van der Waals surface area (Å²) in [5, 5.41) is 0. The van der Waals surface area contributed by atoms with E-state index in [4.69, 9.17) is 10.5 Å². The molecule has 74 valence electrons. The number of likely N-dealkylation sites (N-methyl/N-ethyl adjacent to an activating group) is 1. The van der Waals surface area contributed by atoms with Crippen LogP contribution in [0.2, 0.25) is 0 Å². The van der Waals surface area contributed by atoms with Crippen molar-refractivity contribution in [2.45, 2.75) is 25.9 Å². The Labute approximate surface area is 75.9 Å². The molecule has 0 aromatic carbocycles. The predicted octanol–water partition coefficient (Wildman–Crippen LogP) is 0.692. The molecular weight excluding hydrogens is 152 g/mol. The molecule has 0 bridgehead atoms. The number of nitrogens with zero attached hydrogens (tertiary/aromatic N) is 1. The van der Waals surface area contributed by atoms with Crippen molar-refractivity contribution in [2.75, 3.05) is 33.8 Å². The smallest absolute Gasteiger partial charge is 0.0697 e. The van der Waals surface area contributed by atoms with E-state index in [1.807, 2.05) is 14.1 Å². The highest BCUT2D eigenvalue weighted by molar-refractivity contribution is 4.57. The second-order valence-corrected chi connectivity index (χ2v) is 3.32. The predicted molar refractivity (Wildman–Crippen MR) is 52.3 cm³/mol. The first-order chi connectivity index (χ1) is 5.70. The summed E-state index contributed by atoms with van der Waals surface area (Å²) in [4.78, 5) is 2.11. The van der Waals surface area contributed by atoms with Gasteiger partial charge in [-0.15, -0.1) is 0 Å². The van der Waals surface area contributed by atoms with Crippen LogP contribution in [-0.4, -0.2) is 44.8 Å². The fourth-order valence-electron chi connectivity index (χ4n) is 0.993. The lowest BCUT2D eigenvalue weighted by Gasteiger charge is -2.16. The van der Waals surface area contributed by atoms with Crippen molar-refractivity contribution in [3.05, 3.63) is 0 Å². The number of hydrogen-bond donors (Lipinski definition) is 1. The minimum absolute atomic E-state index is 0.259. The Hall–Kier alpha value is -0.120. The average Bonchev–Trinajstić information content (AvgIpc) is 2.02. The van der Waals surface area contributed by atoms with Crippen LogP contribution in [0.25, 0.3) is 0 Å². The van der Waals surface area contributed by atoms with Crippen molar-refractivity contribution >= 4 is 0 Å². The molecule has 0 aliphatic rings. The number of rotatable bonds is 7. The largest absolute Gasteiger partial charge is 0.376 e. The van der Waals surface area contributed by atoms with Gasteiger partial charge in [-0.3, -0.25) is 0 Å². The third-order valence-corrected chi connectivity index (χ3v) is 1.77. The molecule has 2 N–H and O–H groups in total. The van der Waals surface area contributed by atoms with Gasteiger partial charge in [-0.1, -0.05) is 13.3 Å². The van der Waals surface area contributed by atoms with Gasteiger partial charge in [0, 0.05) is 13.1 Å². The van der Waals surface area contributed by atoms with E-state index in [2.05, 4.69) is 11.8 Å². The highest BCUT2D eigenvalue weighted by Gasteiger charge is 2.04. The Kier molecular flexibility index (Phi) is 7.45. The maximum atomic E-state index is 5.58. The van der Waals surface area contributed by atoms with Crippen LogP contribution in [-0.2, 0) is 4.74 Å². The van der Waals surface area contributed by atoms with E-state index in [0.717, 1.165) is 26.0 Å². The summed E-state index contributed by atoms with van der Waals surface area (Å²) in [6, 6.07) is 0. The molecule has 0 aromatic rings. The van der Waals surface area contributed by atoms with E-state index in [0.29, 0.717) is 6.54 Å². The van der Waals surface area contributed by atoms with Crippen LogP contribution in [0.4, 0.5) is 0 Å². The van der Waals surface area contributed by atoms with Crippen LogP contribution in [0.5, 0.6) is 0 Å². The van der Waals surface area contributed by atoms with Gasteiger partial charge in [-0.2, -0.15) is 0 Å². The molecule has 1 unspecified atom stereocenters. The van der Waals surface area contributed by atoms with E-state index in [1.54, 1.807) is 0 Å². The Morgan fingerprint density at radius 2 is 2.08 bits per heavy atom. The summed E-state index contributed by atoms with van der Waals surface area (Å²) >= 11 is 0. The quantitative estimate of drug-likeness (QED) is 0.617. The molecule has 3 heteroatoms. The lowest BCUT2D eigenvalue weighted by Crippen LogP contribution is -2.27. The highest BCUT2D eigenvalue weighted by atomic mass is 16.5. The molecule has 0 saturated carbocycles. The number of nitrogens with two attached hydrogens (primary N) is 1. The molecule has 12 heavy (non-hydrogen) atoms. The molecular formula is C9H22N2O. The van der Waals surface area contributed by atoms with E-state index in [-0.39, 0.29) is 6.10 Å². The minimum atomic E-state index is 0.259. The first kappa shape index (κ1) is 11.9. The molecule has 0 amide bonds. The first-order valence-electron chi connectivity index (χ1n) is 4.67. The van der Waals surface area contributed by atoms with Crippen molar-refractivity contribution in [3.63, 3.8) is 0 Å². The second kappa shape index (κ2) is 7.53. The Morgan fingerprint density at radius 3 is 2.50 bits per heavy atom. The van der Waals surface area contributed by atoms with Crippen molar-refractivity contribution in [1.82, 2.24) is 4.90 Å². The third kappa shape index (κ3) is 6.58. The van der Waals surface area contributed by atoms with Gasteiger partial charge in [0.25, 0.3) is 0 Å². The summed E-state index contributed by atoms with van der Waals surface area (Å²) in [5.74, 6) is 0. The summed E-state index contributed by atoms with van der Waals surface area (Å²) in [6.45, 7) is 4.55. The van der Waals surface area contributed by atoms with E-state index in [9.17, 15) is 0 Å². The molecule has 0 spiro atoms. The average molecular weight is 174 g/mol. The summed E-state index contributed by atoms with van der Waals surface area (Å²) in [5.41, 5.74) is 5.54. The third-order valence-electron chi connectivity index (χ3n) is 1.77. The van der Waals surface area contributed by atoms with Crippen molar-refractivity contribution in [2.24, 2.45) is 5.73 Å². The van der Waals surface area contributed by atoms with Crippen molar-refractivity contribution in [3.8, 4) is 0 Å². The zero-order valence-electron chi connectivity index (χ0n) is 8.55. The molecule has 3 nitrogen and oxygen atoms in total. The Balaban J connectivity index is 3.31. The molecule has 0 aliphatic heterocycles. The lowest BCUT2D eigenvalue weighted by atomic mass is 10.2. The van der Waals surface area contributed by atoms with Crippen molar-refractivity contribution < 1.29 is 4.74 Å². The zero-order valence-corrected chi connectivity index (χ0v) is 8.55. The van der Waals surface area contributed by atoms with Crippen LogP contribution in [0.1, 0.15) is 19.8 Å². The van der Waals surface area contributed by atoms with Crippen LogP contribution in [0, 0.1) is 0 Å². The van der Waals surface area contributed by atoms with E-state index >= 15 is 0 Å². The second-order valence-electron chi connectivity index (χ2n) is 3.32. The zero-order chi connectivity index (χ0) is 9.40. The highest BCUT2D eigenvalue weighted by Crippen LogP contribution is 1.99. The van der Waals surface area contributed by atoms with Gasteiger partial charge in [-0.25, -0.2) is 0 Å². The molecule has 0 radical (unpaired) electrons. The molecule has 0 aliphatic carbocycles. The standard InChI is InChI=1S/C9H22N2O/c1-4-5-9(8-10)12-7-6-11(2)3/h9H,4-8,10H2,1-3H3. The number of ether oxygens (including phenoxy) is 1. The molecule has 0 aromatic heterocycles. The summed E-state index contributed by atoms with van der Waals surface area (Å²) in [6.07, 6.45) is 2.48. The van der Waals surface area contributed by atoms with E-state index in [1.165, 1.54) is 0 Å². The Bertz CT molecular complexity index is 96.5. The lowest BCUT2D eigenvalue weighted by molar-refractivity contribution is 0.0440. The van der Waals surface area contributed by atoms with Crippen LogP contribution in [0.15, 0.2) is 0 Å². The molecule has 0 rings (SSSR count). The van der Waals surface area contributed by atoms with Crippen molar-refractivity contribution in [1.29, 1.82) is 0 Å². The topological polar surface area (TPSA) is 38.5 Å². The van der Waals surface area contributed by atoms with Gasteiger partial charge in [0.1, 0.15) is 0 Å². The molecule has 0 fully saturated rings. The fourth-order valence-corrected chi connectivity index (χ4v) is 0.993. The van der Waals surface area contributed by atoms with Gasteiger partial charge in [0.2, 0.25) is 0 Å². The van der Waals surface area contributed by atoms with Gasteiger partial charge in [0.15, 0.2) is 0 Å². The number of hydrogen-bond acceptors (Lipinski definition) is 3. The molecule has 0 heterocycles. The monoisotopic (exact) mass is 174 g/mol. The SMILES string of the molecule is CCCC(CN)OCCN(C)C. The normalized spacial score (nSPS) is 13.8.